The van der Waals surface area contributed by atoms with Gasteiger partial charge in [0.05, 0.1) is 5.75 Å². The van der Waals surface area contributed by atoms with Gasteiger partial charge in [-0.1, -0.05) is 5.16 Å². The fraction of sp³-hybridized carbons (Fsp3) is 0.364. The van der Waals surface area contributed by atoms with Gasteiger partial charge in [0.25, 0.3) is 0 Å². The van der Waals surface area contributed by atoms with E-state index in [-0.39, 0.29) is 17.8 Å². The third kappa shape index (κ3) is 4.62. The van der Waals surface area contributed by atoms with E-state index in [1.165, 1.54) is 11.8 Å². The molecule has 7 heteroatoms. The molecule has 4 N–H and O–H groups in total. The maximum absolute atomic E-state index is 11.5. The van der Waals surface area contributed by atoms with E-state index < -0.39 is 0 Å². The Morgan fingerprint density at radius 2 is 2.39 bits per heavy atom. The van der Waals surface area contributed by atoms with E-state index in [4.69, 9.17) is 10.9 Å². The third-order valence-electron chi connectivity index (χ3n) is 1.92. The number of nitrogens with one attached hydrogen (secondary N) is 1. The summed E-state index contributed by atoms with van der Waals surface area (Å²) in [5, 5.41) is 14.2. The maximum atomic E-state index is 11.5. The molecule has 0 saturated carbocycles. The molecule has 98 valence electrons. The quantitative estimate of drug-likeness (QED) is 0.241. The summed E-state index contributed by atoms with van der Waals surface area (Å²) in [4.78, 5) is 16.3. The van der Waals surface area contributed by atoms with Crippen LogP contribution in [0, 0.1) is 0 Å². The number of nitrogens with zero attached hydrogens (tertiary/aromatic N) is 2. The molecule has 0 radical (unpaired) electrons. The highest BCUT2D eigenvalue weighted by Crippen LogP contribution is 2.17. The Bertz CT molecular complexity index is 448. The number of amides is 1. The molecule has 0 spiro atoms. The number of carbonyl (C=O) groups is 1. The van der Waals surface area contributed by atoms with Crippen LogP contribution < -0.4 is 11.1 Å². The molecule has 0 saturated heterocycles. The normalized spacial score (nSPS) is 11.6. The predicted octanol–water partition coefficient (Wildman–Crippen LogP) is 0.793. The van der Waals surface area contributed by atoms with Gasteiger partial charge in [-0.25, -0.2) is 0 Å². The highest BCUT2D eigenvalue weighted by molar-refractivity contribution is 8.00. The molecule has 0 atom stereocenters. The van der Waals surface area contributed by atoms with Crippen molar-refractivity contribution in [2.24, 2.45) is 10.9 Å². The van der Waals surface area contributed by atoms with E-state index in [1.807, 2.05) is 13.8 Å². The van der Waals surface area contributed by atoms with E-state index >= 15 is 0 Å². The van der Waals surface area contributed by atoms with E-state index in [9.17, 15) is 4.79 Å². The Labute approximate surface area is 110 Å². The Balaban J connectivity index is 2.60. The van der Waals surface area contributed by atoms with Crippen LogP contribution in [-0.2, 0) is 4.79 Å². The van der Waals surface area contributed by atoms with E-state index in [0.29, 0.717) is 11.4 Å². The van der Waals surface area contributed by atoms with Gasteiger partial charge < -0.3 is 16.3 Å². The van der Waals surface area contributed by atoms with Crippen molar-refractivity contribution >= 4 is 23.5 Å². The number of aromatic nitrogens is 1. The van der Waals surface area contributed by atoms with Crippen LogP contribution in [0.25, 0.3) is 0 Å². The van der Waals surface area contributed by atoms with Crippen molar-refractivity contribution in [1.82, 2.24) is 10.3 Å². The second-order valence-electron chi connectivity index (χ2n) is 3.87. The topological polar surface area (TPSA) is 101 Å². The van der Waals surface area contributed by atoms with Crippen molar-refractivity contribution in [3.05, 3.63) is 24.0 Å². The zero-order valence-electron chi connectivity index (χ0n) is 10.3. The van der Waals surface area contributed by atoms with Crippen LogP contribution in [0.5, 0.6) is 0 Å². The van der Waals surface area contributed by atoms with Crippen molar-refractivity contribution in [3.63, 3.8) is 0 Å². The first kappa shape index (κ1) is 14.3. The van der Waals surface area contributed by atoms with Gasteiger partial charge in [-0.15, -0.1) is 11.8 Å². The molecule has 0 aliphatic rings. The first-order chi connectivity index (χ1) is 8.52. The molecule has 18 heavy (non-hydrogen) atoms. The SMILES string of the molecule is CC(C)NC(=O)CSc1ccnc(/C(N)=N/O)c1. The minimum atomic E-state index is -0.0518. The number of pyridine rings is 1. The highest BCUT2D eigenvalue weighted by Gasteiger charge is 2.06. The van der Waals surface area contributed by atoms with Gasteiger partial charge in [-0.2, -0.15) is 0 Å². The van der Waals surface area contributed by atoms with Crippen molar-refractivity contribution in [2.45, 2.75) is 24.8 Å². The Kier molecular flexibility index (Phi) is 5.44. The van der Waals surface area contributed by atoms with Crippen LogP contribution in [0.1, 0.15) is 19.5 Å². The van der Waals surface area contributed by atoms with Gasteiger partial charge in [0.2, 0.25) is 5.91 Å². The van der Waals surface area contributed by atoms with Crippen LogP contribution in [0.15, 0.2) is 28.4 Å². The van der Waals surface area contributed by atoms with E-state index in [0.717, 1.165) is 4.90 Å². The summed E-state index contributed by atoms with van der Waals surface area (Å²) >= 11 is 1.37. The molecular weight excluding hydrogens is 252 g/mol. The monoisotopic (exact) mass is 268 g/mol. The number of hydrogen-bond donors (Lipinski definition) is 3. The minimum absolute atomic E-state index is 0.0304. The summed E-state index contributed by atoms with van der Waals surface area (Å²) in [6.07, 6.45) is 1.55. The lowest BCUT2D eigenvalue weighted by Gasteiger charge is -2.08. The number of rotatable bonds is 5. The van der Waals surface area contributed by atoms with Crippen LogP contribution in [0.4, 0.5) is 0 Å². The van der Waals surface area contributed by atoms with Crippen LogP contribution in [-0.4, -0.2) is 33.7 Å². The highest BCUT2D eigenvalue weighted by atomic mass is 32.2. The number of amidine groups is 1. The van der Waals surface area contributed by atoms with Crippen LogP contribution in [0.3, 0.4) is 0 Å². The molecule has 1 heterocycles. The third-order valence-corrected chi connectivity index (χ3v) is 2.91. The first-order valence-electron chi connectivity index (χ1n) is 5.39. The molecule has 0 bridgehead atoms. The smallest absolute Gasteiger partial charge is 0.230 e. The lowest BCUT2D eigenvalue weighted by atomic mass is 10.3. The molecule has 0 fully saturated rings. The van der Waals surface area contributed by atoms with Gasteiger partial charge in [0.1, 0.15) is 5.69 Å². The average Bonchev–Trinajstić information content (AvgIpc) is 2.35. The minimum Gasteiger partial charge on any atom is -0.409 e. The largest absolute Gasteiger partial charge is 0.409 e. The number of nitrogens with two attached hydrogens (primary N) is 1. The summed E-state index contributed by atoms with van der Waals surface area (Å²) < 4.78 is 0. The molecular formula is C11H16N4O2S. The molecule has 1 aromatic rings. The fourth-order valence-corrected chi connectivity index (χ4v) is 1.94. The summed E-state index contributed by atoms with van der Waals surface area (Å²) in [5.74, 6) is 0.235. The lowest BCUT2D eigenvalue weighted by Crippen LogP contribution is -2.31. The zero-order chi connectivity index (χ0) is 13.5. The number of hydrogen-bond acceptors (Lipinski definition) is 5. The molecule has 0 aliphatic carbocycles. The van der Waals surface area contributed by atoms with Crippen molar-refractivity contribution in [3.8, 4) is 0 Å². The average molecular weight is 268 g/mol. The molecule has 0 aliphatic heterocycles. The Morgan fingerprint density at radius 1 is 1.67 bits per heavy atom. The molecule has 6 nitrogen and oxygen atoms in total. The van der Waals surface area contributed by atoms with Crippen molar-refractivity contribution in [2.75, 3.05) is 5.75 Å². The molecule has 1 amide bonds. The Hall–Kier alpha value is -1.76. The summed E-state index contributed by atoms with van der Waals surface area (Å²) in [5.41, 5.74) is 5.82. The molecule has 1 rings (SSSR count). The molecule has 0 aromatic carbocycles. The number of oxime groups is 1. The molecule has 0 unspecified atom stereocenters. The van der Waals surface area contributed by atoms with Gasteiger partial charge in [0, 0.05) is 17.1 Å². The van der Waals surface area contributed by atoms with Crippen LogP contribution in [0.2, 0.25) is 0 Å². The number of carbonyl (C=O) groups excluding carboxylic acids is 1. The molecule has 1 aromatic heterocycles. The first-order valence-corrected chi connectivity index (χ1v) is 6.37. The standard InChI is InChI=1S/C11H16N4O2S/c1-7(2)14-10(16)6-18-8-3-4-13-9(5-8)11(12)15-17/h3-5,7,17H,6H2,1-2H3,(H2,12,15)(H,14,16). The van der Waals surface area contributed by atoms with Crippen molar-refractivity contribution in [1.29, 1.82) is 0 Å². The van der Waals surface area contributed by atoms with E-state index in [1.54, 1.807) is 18.3 Å². The van der Waals surface area contributed by atoms with Gasteiger partial charge in [-0.3, -0.25) is 9.78 Å². The van der Waals surface area contributed by atoms with Gasteiger partial charge in [0.15, 0.2) is 5.84 Å². The lowest BCUT2D eigenvalue weighted by molar-refractivity contribution is -0.119. The maximum Gasteiger partial charge on any atom is 0.230 e. The van der Waals surface area contributed by atoms with Gasteiger partial charge in [-0.05, 0) is 26.0 Å². The fourth-order valence-electron chi connectivity index (χ4n) is 1.20. The Morgan fingerprint density at radius 3 is 3.00 bits per heavy atom. The van der Waals surface area contributed by atoms with E-state index in [2.05, 4.69) is 15.5 Å². The second kappa shape index (κ2) is 6.85. The van der Waals surface area contributed by atoms with Crippen LogP contribution >= 0.6 is 11.8 Å². The zero-order valence-corrected chi connectivity index (χ0v) is 11.1. The predicted molar refractivity (Wildman–Crippen MR) is 70.8 cm³/mol. The second-order valence-corrected chi connectivity index (χ2v) is 4.92. The van der Waals surface area contributed by atoms with Crippen molar-refractivity contribution < 1.29 is 10.0 Å². The summed E-state index contributed by atoms with van der Waals surface area (Å²) in [7, 11) is 0. The summed E-state index contributed by atoms with van der Waals surface area (Å²) in [6.45, 7) is 3.82. The summed E-state index contributed by atoms with van der Waals surface area (Å²) in [6, 6.07) is 3.56. The number of thioether (sulfide) groups is 1. The van der Waals surface area contributed by atoms with Gasteiger partial charge >= 0.3 is 0 Å².